The van der Waals surface area contributed by atoms with Crippen LogP contribution in [0.15, 0.2) is 57.2 Å². The molecule has 2 aliphatic rings. The maximum Gasteiger partial charge on any atom is 0.255 e. The highest BCUT2D eigenvalue weighted by Gasteiger charge is 2.26. The molecule has 11 nitrogen and oxygen atoms in total. The summed E-state index contributed by atoms with van der Waals surface area (Å²) in [7, 11) is -7.50. The predicted molar refractivity (Wildman–Crippen MR) is 142 cm³/mol. The summed E-state index contributed by atoms with van der Waals surface area (Å²) in [6.45, 7) is 3.17. The standard InChI is InChI=1S/C24H31N3O8S3/c1-36-23-7-6-21(18-22(23)24(28)26-9-14-33-15-10-26)37(29,30)25-8-13-35-19-2-4-20(5-3-19)38(31,32)27-11-16-34-17-12-27/h2-7,18,25H,8-17H2,1H3. The first-order chi connectivity index (χ1) is 18.2. The van der Waals surface area contributed by atoms with Crippen LogP contribution in [-0.4, -0.2) is 104 Å². The minimum atomic E-state index is -3.89. The van der Waals surface area contributed by atoms with Crippen molar-refractivity contribution in [3.8, 4) is 5.75 Å². The first-order valence-corrected chi connectivity index (χ1v) is 16.2. The first-order valence-electron chi connectivity index (χ1n) is 12.1. The average Bonchev–Trinajstić information content (AvgIpc) is 2.95. The first kappa shape index (κ1) is 28.8. The summed E-state index contributed by atoms with van der Waals surface area (Å²) in [5.74, 6) is 0.185. The molecule has 0 unspecified atom stereocenters. The normalized spacial score (nSPS) is 17.3. The molecule has 2 heterocycles. The molecule has 0 aromatic heterocycles. The lowest BCUT2D eigenvalue weighted by molar-refractivity contribution is 0.0300. The SMILES string of the molecule is CSc1ccc(S(=O)(=O)NCCOc2ccc(S(=O)(=O)N3CCOCC3)cc2)cc1C(=O)N1CCOCC1. The molecule has 2 fully saturated rings. The third-order valence-corrected chi connectivity index (χ3v) is 10.3. The second-order valence-electron chi connectivity index (χ2n) is 8.50. The van der Waals surface area contributed by atoms with Crippen LogP contribution in [-0.2, 0) is 29.5 Å². The number of hydrogen-bond donors (Lipinski definition) is 1. The van der Waals surface area contributed by atoms with Crippen LogP contribution >= 0.6 is 11.8 Å². The number of hydrogen-bond acceptors (Lipinski definition) is 9. The Hall–Kier alpha value is -2.20. The molecule has 14 heteroatoms. The fourth-order valence-corrected chi connectivity index (χ4v) is 7.05. The van der Waals surface area contributed by atoms with Gasteiger partial charge < -0.3 is 19.1 Å². The molecule has 2 saturated heterocycles. The number of benzene rings is 2. The molecule has 1 N–H and O–H groups in total. The van der Waals surface area contributed by atoms with Crippen LogP contribution in [0.25, 0.3) is 0 Å². The quantitative estimate of drug-likeness (QED) is 0.323. The summed E-state index contributed by atoms with van der Waals surface area (Å²) < 4.78 is 71.2. The number of amides is 1. The maximum absolute atomic E-state index is 13.0. The fraction of sp³-hybridized carbons (Fsp3) is 0.458. The number of nitrogens with zero attached hydrogens (tertiary/aromatic N) is 2. The van der Waals surface area contributed by atoms with Gasteiger partial charge in [0.2, 0.25) is 20.0 Å². The number of rotatable bonds is 10. The lowest BCUT2D eigenvalue weighted by atomic mass is 10.2. The number of thioether (sulfide) groups is 1. The molecule has 38 heavy (non-hydrogen) atoms. The number of carbonyl (C=O) groups excluding carboxylic acids is 1. The van der Waals surface area contributed by atoms with E-state index >= 15 is 0 Å². The van der Waals surface area contributed by atoms with Crippen molar-refractivity contribution in [3.05, 3.63) is 48.0 Å². The van der Waals surface area contributed by atoms with E-state index in [2.05, 4.69) is 4.72 Å². The van der Waals surface area contributed by atoms with Crippen LogP contribution in [0, 0.1) is 0 Å². The van der Waals surface area contributed by atoms with E-state index in [1.807, 2.05) is 6.26 Å². The summed E-state index contributed by atoms with van der Waals surface area (Å²) >= 11 is 1.38. The van der Waals surface area contributed by atoms with Gasteiger partial charge in [-0.3, -0.25) is 4.79 Å². The summed E-state index contributed by atoms with van der Waals surface area (Å²) in [6.07, 6.45) is 1.83. The van der Waals surface area contributed by atoms with E-state index in [0.717, 1.165) is 0 Å². The monoisotopic (exact) mass is 585 g/mol. The Kier molecular flexibility index (Phi) is 9.68. The molecule has 0 saturated carbocycles. The van der Waals surface area contributed by atoms with Gasteiger partial charge in [-0.15, -0.1) is 11.8 Å². The Bertz CT molecular complexity index is 1320. The predicted octanol–water partition coefficient (Wildman–Crippen LogP) is 1.26. The molecular weight excluding hydrogens is 554 g/mol. The molecule has 2 aromatic rings. The Labute approximate surface area is 227 Å². The summed E-state index contributed by atoms with van der Waals surface area (Å²) in [6, 6.07) is 10.5. The van der Waals surface area contributed by atoms with Crippen molar-refractivity contribution < 1.29 is 35.8 Å². The summed E-state index contributed by atoms with van der Waals surface area (Å²) in [5, 5.41) is 0. The number of nitrogens with one attached hydrogen (secondary N) is 1. The number of carbonyl (C=O) groups is 1. The van der Waals surface area contributed by atoms with E-state index in [1.165, 1.54) is 52.5 Å². The number of sulfonamides is 2. The third-order valence-electron chi connectivity index (χ3n) is 6.10. The van der Waals surface area contributed by atoms with Crippen molar-refractivity contribution in [2.45, 2.75) is 14.7 Å². The van der Waals surface area contributed by atoms with Crippen LogP contribution in [0.1, 0.15) is 10.4 Å². The summed E-state index contributed by atoms with van der Waals surface area (Å²) in [5.41, 5.74) is 0.339. The van der Waals surface area contributed by atoms with Gasteiger partial charge in [-0.05, 0) is 48.7 Å². The lowest BCUT2D eigenvalue weighted by Crippen LogP contribution is -2.41. The Morgan fingerprint density at radius 3 is 2.16 bits per heavy atom. The molecule has 2 aromatic carbocycles. The van der Waals surface area contributed by atoms with Gasteiger partial charge in [-0.25, -0.2) is 21.6 Å². The highest BCUT2D eigenvalue weighted by Crippen LogP contribution is 2.26. The van der Waals surface area contributed by atoms with Crippen molar-refractivity contribution >= 4 is 37.7 Å². The molecule has 0 bridgehead atoms. The van der Waals surface area contributed by atoms with E-state index in [1.54, 1.807) is 11.0 Å². The molecular formula is C24H31N3O8S3. The smallest absolute Gasteiger partial charge is 0.255 e. The van der Waals surface area contributed by atoms with Gasteiger partial charge in [-0.2, -0.15) is 4.31 Å². The van der Waals surface area contributed by atoms with E-state index in [4.69, 9.17) is 14.2 Å². The van der Waals surface area contributed by atoms with Crippen molar-refractivity contribution in [2.24, 2.45) is 0 Å². The molecule has 4 rings (SSSR count). The number of morpholine rings is 2. The Morgan fingerprint density at radius 2 is 1.53 bits per heavy atom. The lowest BCUT2D eigenvalue weighted by Gasteiger charge is -2.27. The van der Waals surface area contributed by atoms with E-state index in [-0.39, 0.29) is 28.8 Å². The second kappa shape index (κ2) is 12.8. The topological polar surface area (TPSA) is 132 Å². The van der Waals surface area contributed by atoms with Crippen molar-refractivity contribution in [1.29, 1.82) is 0 Å². The fourth-order valence-electron chi connectivity index (χ4n) is 4.03. The summed E-state index contributed by atoms with van der Waals surface area (Å²) in [4.78, 5) is 15.5. The van der Waals surface area contributed by atoms with Crippen molar-refractivity contribution in [3.63, 3.8) is 0 Å². The van der Waals surface area contributed by atoms with E-state index in [9.17, 15) is 21.6 Å². The number of ether oxygens (including phenoxy) is 3. The van der Waals surface area contributed by atoms with Gasteiger partial charge in [0.05, 0.1) is 41.8 Å². The van der Waals surface area contributed by atoms with Gasteiger partial charge in [0.15, 0.2) is 0 Å². The highest BCUT2D eigenvalue weighted by atomic mass is 32.2. The third kappa shape index (κ3) is 6.86. The molecule has 0 spiro atoms. The van der Waals surface area contributed by atoms with Crippen molar-refractivity contribution in [1.82, 2.24) is 13.9 Å². The van der Waals surface area contributed by atoms with Crippen LogP contribution < -0.4 is 9.46 Å². The molecule has 1 amide bonds. The van der Waals surface area contributed by atoms with Crippen LogP contribution in [0.5, 0.6) is 5.75 Å². The highest BCUT2D eigenvalue weighted by molar-refractivity contribution is 7.98. The minimum absolute atomic E-state index is 0.00965. The molecule has 2 aliphatic heterocycles. The zero-order valence-electron chi connectivity index (χ0n) is 21.0. The van der Waals surface area contributed by atoms with Crippen LogP contribution in [0.2, 0.25) is 0 Å². The molecule has 0 atom stereocenters. The van der Waals surface area contributed by atoms with Crippen molar-refractivity contribution in [2.75, 3.05) is 72.0 Å². The largest absolute Gasteiger partial charge is 0.492 e. The minimum Gasteiger partial charge on any atom is -0.492 e. The average molecular weight is 586 g/mol. The molecule has 208 valence electrons. The van der Waals surface area contributed by atoms with Gasteiger partial charge in [0, 0.05) is 37.6 Å². The maximum atomic E-state index is 13.0. The second-order valence-corrected chi connectivity index (χ2v) is 13.1. The zero-order valence-corrected chi connectivity index (χ0v) is 23.4. The van der Waals surface area contributed by atoms with Gasteiger partial charge >= 0.3 is 0 Å². The van der Waals surface area contributed by atoms with Gasteiger partial charge in [0.25, 0.3) is 5.91 Å². The zero-order chi connectivity index (χ0) is 27.2. The van der Waals surface area contributed by atoms with Crippen LogP contribution in [0.3, 0.4) is 0 Å². The molecule has 0 aliphatic carbocycles. The van der Waals surface area contributed by atoms with Gasteiger partial charge in [0.1, 0.15) is 12.4 Å². The van der Waals surface area contributed by atoms with E-state index in [0.29, 0.717) is 68.8 Å². The van der Waals surface area contributed by atoms with Crippen LogP contribution in [0.4, 0.5) is 0 Å². The Balaban J connectivity index is 1.34. The Morgan fingerprint density at radius 1 is 0.921 bits per heavy atom. The molecule has 0 radical (unpaired) electrons. The van der Waals surface area contributed by atoms with E-state index < -0.39 is 20.0 Å². The van der Waals surface area contributed by atoms with Gasteiger partial charge in [-0.1, -0.05) is 0 Å².